The Morgan fingerprint density at radius 1 is 1.35 bits per heavy atom. The third-order valence-corrected chi connectivity index (χ3v) is 2.32. The maximum Gasteiger partial charge on any atom is 0.296 e. The third-order valence-electron chi connectivity index (χ3n) is 1.80. The number of anilines is 1. The zero-order valence-electron chi connectivity index (χ0n) is 9.60. The molecule has 0 aromatic heterocycles. The molecule has 1 rings (SSSR count). The highest BCUT2D eigenvalue weighted by Gasteiger charge is 2.09. The van der Waals surface area contributed by atoms with E-state index in [9.17, 15) is 13.2 Å². The van der Waals surface area contributed by atoms with Crippen LogP contribution in [0.4, 0.5) is 5.69 Å². The predicted octanol–water partition coefficient (Wildman–Crippen LogP) is 0.440. The van der Waals surface area contributed by atoms with Crippen LogP contribution in [0.15, 0.2) is 24.3 Å². The first-order chi connectivity index (χ1) is 7.78. The monoisotopic (exact) mass is 257 g/mol. The van der Waals surface area contributed by atoms with Crippen LogP contribution in [-0.2, 0) is 10.2 Å². The highest BCUT2D eigenvalue weighted by molar-refractivity contribution is 7.90. The largest absolute Gasteiger partial charge is 0.350 e. The quantitative estimate of drug-likeness (QED) is 0.729. The molecular formula is C10H15N3O3S. The average Bonchev–Trinajstić information content (AvgIpc) is 2.14. The van der Waals surface area contributed by atoms with Crippen molar-refractivity contribution in [2.75, 3.05) is 4.72 Å². The molecule has 0 aliphatic rings. The van der Waals surface area contributed by atoms with Gasteiger partial charge in [0.05, 0.1) is 5.69 Å². The normalized spacial score (nSPS) is 11.3. The first-order valence-corrected chi connectivity index (χ1v) is 6.54. The van der Waals surface area contributed by atoms with Crippen molar-refractivity contribution in [3.63, 3.8) is 0 Å². The summed E-state index contributed by atoms with van der Waals surface area (Å²) in [5.74, 6) is -0.266. The number of carbonyl (C=O) groups excluding carboxylic acids is 1. The molecule has 1 amide bonds. The minimum atomic E-state index is -3.82. The van der Waals surface area contributed by atoms with E-state index in [0.29, 0.717) is 5.56 Å². The Bertz CT molecular complexity index is 511. The molecule has 6 nitrogen and oxygen atoms in total. The van der Waals surface area contributed by atoms with E-state index in [1.807, 2.05) is 13.8 Å². The fourth-order valence-corrected chi connectivity index (χ4v) is 1.69. The van der Waals surface area contributed by atoms with Crippen LogP contribution in [-0.4, -0.2) is 20.4 Å². The van der Waals surface area contributed by atoms with Crippen LogP contribution in [0.25, 0.3) is 0 Å². The van der Waals surface area contributed by atoms with Crippen LogP contribution in [0.2, 0.25) is 0 Å². The van der Waals surface area contributed by atoms with Crippen molar-refractivity contribution in [2.24, 2.45) is 5.14 Å². The lowest BCUT2D eigenvalue weighted by atomic mass is 10.2. The first-order valence-electron chi connectivity index (χ1n) is 4.99. The van der Waals surface area contributed by atoms with E-state index < -0.39 is 10.2 Å². The van der Waals surface area contributed by atoms with Gasteiger partial charge in [-0.15, -0.1) is 0 Å². The van der Waals surface area contributed by atoms with E-state index in [1.54, 1.807) is 12.1 Å². The molecular weight excluding hydrogens is 242 g/mol. The average molecular weight is 257 g/mol. The smallest absolute Gasteiger partial charge is 0.296 e. The van der Waals surface area contributed by atoms with Crippen molar-refractivity contribution < 1.29 is 13.2 Å². The molecule has 0 spiro atoms. The van der Waals surface area contributed by atoms with Gasteiger partial charge in [-0.1, -0.05) is 6.07 Å². The van der Waals surface area contributed by atoms with Gasteiger partial charge < -0.3 is 5.32 Å². The SMILES string of the molecule is CC(C)NC(=O)c1cccc(NS(N)(=O)=O)c1. The summed E-state index contributed by atoms with van der Waals surface area (Å²) in [4.78, 5) is 11.7. The van der Waals surface area contributed by atoms with Crippen LogP contribution >= 0.6 is 0 Å². The van der Waals surface area contributed by atoms with Crippen molar-refractivity contribution in [2.45, 2.75) is 19.9 Å². The molecule has 0 aliphatic heterocycles. The van der Waals surface area contributed by atoms with Crippen molar-refractivity contribution in [1.82, 2.24) is 5.32 Å². The number of rotatable bonds is 4. The minimum Gasteiger partial charge on any atom is -0.350 e. The number of benzene rings is 1. The Hall–Kier alpha value is -1.60. The summed E-state index contributed by atoms with van der Waals surface area (Å²) in [7, 11) is -3.82. The van der Waals surface area contributed by atoms with Gasteiger partial charge in [-0.3, -0.25) is 9.52 Å². The van der Waals surface area contributed by atoms with Gasteiger partial charge in [0.2, 0.25) is 0 Å². The molecule has 0 saturated carbocycles. The van der Waals surface area contributed by atoms with Gasteiger partial charge >= 0.3 is 0 Å². The molecule has 0 heterocycles. The summed E-state index contributed by atoms with van der Waals surface area (Å²) in [5.41, 5.74) is 0.622. The van der Waals surface area contributed by atoms with Gasteiger partial charge in [0.15, 0.2) is 0 Å². The van der Waals surface area contributed by atoms with Crippen LogP contribution in [0.3, 0.4) is 0 Å². The van der Waals surface area contributed by atoms with Crippen LogP contribution in [0.1, 0.15) is 24.2 Å². The predicted molar refractivity (Wildman–Crippen MR) is 65.8 cm³/mol. The number of hydrogen-bond acceptors (Lipinski definition) is 3. The van der Waals surface area contributed by atoms with Crippen molar-refractivity contribution in [3.8, 4) is 0 Å². The van der Waals surface area contributed by atoms with Crippen LogP contribution < -0.4 is 15.2 Å². The highest BCUT2D eigenvalue weighted by Crippen LogP contribution is 2.11. The lowest BCUT2D eigenvalue weighted by molar-refractivity contribution is 0.0943. The molecule has 0 aliphatic carbocycles. The third kappa shape index (κ3) is 4.83. The Balaban J connectivity index is 2.90. The van der Waals surface area contributed by atoms with Gasteiger partial charge in [0.1, 0.15) is 0 Å². The lowest BCUT2D eigenvalue weighted by Gasteiger charge is -2.09. The summed E-state index contributed by atoms with van der Waals surface area (Å²) < 4.78 is 23.8. The van der Waals surface area contributed by atoms with Gasteiger partial charge in [0.25, 0.3) is 16.1 Å². The van der Waals surface area contributed by atoms with Crippen molar-refractivity contribution >= 4 is 21.8 Å². The van der Waals surface area contributed by atoms with E-state index in [4.69, 9.17) is 5.14 Å². The molecule has 0 bridgehead atoms. The van der Waals surface area contributed by atoms with E-state index in [-0.39, 0.29) is 17.6 Å². The molecule has 0 saturated heterocycles. The topological polar surface area (TPSA) is 101 Å². The zero-order chi connectivity index (χ0) is 13.1. The number of carbonyl (C=O) groups is 1. The second-order valence-electron chi connectivity index (χ2n) is 3.86. The van der Waals surface area contributed by atoms with Gasteiger partial charge in [-0.25, -0.2) is 5.14 Å². The number of nitrogens with one attached hydrogen (secondary N) is 2. The molecule has 1 aromatic rings. The highest BCUT2D eigenvalue weighted by atomic mass is 32.2. The summed E-state index contributed by atoms with van der Waals surface area (Å²) in [5, 5.41) is 7.54. The van der Waals surface area contributed by atoms with Crippen molar-refractivity contribution in [3.05, 3.63) is 29.8 Å². The second kappa shape index (κ2) is 5.15. The Labute approximate surface area is 100 Å². The molecule has 0 radical (unpaired) electrons. The van der Waals surface area contributed by atoms with E-state index in [0.717, 1.165) is 0 Å². The fraction of sp³-hybridized carbons (Fsp3) is 0.300. The summed E-state index contributed by atoms with van der Waals surface area (Å²) in [6.45, 7) is 3.68. The Kier molecular flexibility index (Phi) is 4.08. The van der Waals surface area contributed by atoms with Crippen molar-refractivity contribution in [1.29, 1.82) is 0 Å². The first kappa shape index (κ1) is 13.5. The molecule has 7 heteroatoms. The Morgan fingerprint density at radius 3 is 2.53 bits per heavy atom. The van der Waals surface area contributed by atoms with Gasteiger partial charge in [-0.05, 0) is 32.0 Å². The number of hydrogen-bond donors (Lipinski definition) is 3. The fourth-order valence-electron chi connectivity index (χ4n) is 1.23. The molecule has 94 valence electrons. The second-order valence-corrected chi connectivity index (χ2v) is 5.15. The Morgan fingerprint density at radius 2 is 2.00 bits per heavy atom. The molecule has 0 fully saturated rings. The maximum atomic E-state index is 11.7. The molecule has 1 aromatic carbocycles. The molecule has 17 heavy (non-hydrogen) atoms. The van der Waals surface area contributed by atoms with Gasteiger partial charge in [-0.2, -0.15) is 8.42 Å². The van der Waals surface area contributed by atoms with Gasteiger partial charge in [0, 0.05) is 11.6 Å². The standard InChI is InChI=1S/C10H15N3O3S/c1-7(2)12-10(14)8-4-3-5-9(6-8)13-17(11,15)16/h3-7,13H,1-2H3,(H,12,14)(H2,11,15,16). The summed E-state index contributed by atoms with van der Waals surface area (Å²) in [6.07, 6.45) is 0. The summed E-state index contributed by atoms with van der Waals surface area (Å²) in [6, 6.07) is 6.10. The van der Waals surface area contributed by atoms with Crippen LogP contribution in [0.5, 0.6) is 0 Å². The molecule has 0 unspecified atom stereocenters. The molecule has 0 atom stereocenters. The maximum absolute atomic E-state index is 11.7. The summed E-state index contributed by atoms with van der Waals surface area (Å²) >= 11 is 0. The minimum absolute atomic E-state index is 0.0114. The van der Waals surface area contributed by atoms with E-state index >= 15 is 0 Å². The van der Waals surface area contributed by atoms with E-state index in [2.05, 4.69) is 10.0 Å². The zero-order valence-corrected chi connectivity index (χ0v) is 10.4. The number of nitrogens with two attached hydrogens (primary N) is 1. The lowest BCUT2D eigenvalue weighted by Crippen LogP contribution is -2.30. The van der Waals surface area contributed by atoms with E-state index in [1.165, 1.54) is 12.1 Å². The number of amides is 1. The van der Waals surface area contributed by atoms with Crippen LogP contribution in [0, 0.1) is 0 Å². The molecule has 4 N–H and O–H groups in total.